The monoisotopic (exact) mass is 288 g/mol. The van der Waals surface area contributed by atoms with Gasteiger partial charge in [0.1, 0.15) is 5.75 Å². The number of hydrogen-bond acceptors (Lipinski definition) is 3. The number of rotatable bonds is 4. The summed E-state index contributed by atoms with van der Waals surface area (Å²) >= 11 is 0. The van der Waals surface area contributed by atoms with Crippen molar-refractivity contribution in [2.75, 3.05) is 7.11 Å². The SMILES string of the molecule is COc1ccccc1C=CC(=O)NC1CC(=O)NC(C)C1. The molecular weight excluding hydrogens is 268 g/mol. The summed E-state index contributed by atoms with van der Waals surface area (Å²) in [5.74, 6) is 0.493. The van der Waals surface area contributed by atoms with E-state index >= 15 is 0 Å². The average molecular weight is 288 g/mol. The Balaban J connectivity index is 1.95. The van der Waals surface area contributed by atoms with Gasteiger partial charge in [0.05, 0.1) is 7.11 Å². The first-order chi connectivity index (χ1) is 10.1. The minimum absolute atomic E-state index is 0.0206. The Kier molecular flexibility index (Phi) is 4.98. The second-order valence-electron chi connectivity index (χ2n) is 5.19. The average Bonchev–Trinajstić information content (AvgIpc) is 2.44. The van der Waals surface area contributed by atoms with Gasteiger partial charge < -0.3 is 15.4 Å². The summed E-state index contributed by atoms with van der Waals surface area (Å²) in [7, 11) is 1.59. The first-order valence-electron chi connectivity index (χ1n) is 6.99. The van der Waals surface area contributed by atoms with Gasteiger partial charge in [0.25, 0.3) is 0 Å². The van der Waals surface area contributed by atoms with E-state index in [0.29, 0.717) is 12.2 Å². The van der Waals surface area contributed by atoms with Crippen molar-refractivity contribution < 1.29 is 14.3 Å². The van der Waals surface area contributed by atoms with E-state index in [1.165, 1.54) is 6.08 Å². The van der Waals surface area contributed by atoms with Gasteiger partial charge in [0.15, 0.2) is 0 Å². The maximum atomic E-state index is 11.9. The number of para-hydroxylation sites is 1. The molecule has 1 aromatic carbocycles. The standard InChI is InChI=1S/C16H20N2O3/c1-11-9-13(10-16(20)17-11)18-15(19)8-7-12-5-3-4-6-14(12)21-2/h3-8,11,13H,9-10H2,1-2H3,(H,17,20)(H,18,19). The number of carbonyl (C=O) groups excluding carboxylic acids is 2. The van der Waals surface area contributed by atoms with Crippen LogP contribution in [-0.2, 0) is 9.59 Å². The highest BCUT2D eigenvalue weighted by Crippen LogP contribution is 2.18. The normalized spacial score (nSPS) is 21.9. The molecule has 2 atom stereocenters. The van der Waals surface area contributed by atoms with E-state index in [9.17, 15) is 9.59 Å². The lowest BCUT2D eigenvalue weighted by Gasteiger charge is -2.27. The maximum absolute atomic E-state index is 11.9. The Morgan fingerprint density at radius 3 is 2.90 bits per heavy atom. The van der Waals surface area contributed by atoms with Gasteiger partial charge in [-0.25, -0.2) is 0 Å². The summed E-state index contributed by atoms with van der Waals surface area (Å²) in [5.41, 5.74) is 0.838. The molecule has 2 amide bonds. The zero-order valence-corrected chi connectivity index (χ0v) is 12.3. The lowest BCUT2D eigenvalue weighted by Crippen LogP contribution is -2.49. The number of nitrogens with one attached hydrogen (secondary N) is 2. The molecule has 0 aliphatic carbocycles. The number of piperidine rings is 1. The van der Waals surface area contributed by atoms with E-state index in [2.05, 4.69) is 10.6 Å². The lowest BCUT2D eigenvalue weighted by molar-refractivity contribution is -0.124. The molecule has 5 nitrogen and oxygen atoms in total. The van der Waals surface area contributed by atoms with Crippen molar-refractivity contribution in [3.05, 3.63) is 35.9 Å². The smallest absolute Gasteiger partial charge is 0.244 e. The highest BCUT2D eigenvalue weighted by molar-refractivity contribution is 5.92. The van der Waals surface area contributed by atoms with Crippen LogP contribution >= 0.6 is 0 Å². The predicted octanol–water partition coefficient (Wildman–Crippen LogP) is 1.49. The predicted molar refractivity (Wildman–Crippen MR) is 80.8 cm³/mol. The van der Waals surface area contributed by atoms with Gasteiger partial charge in [-0.05, 0) is 25.5 Å². The van der Waals surface area contributed by atoms with E-state index in [1.54, 1.807) is 13.2 Å². The van der Waals surface area contributed by atoms with Crippen LogP contribution in [-0.4, -0.2) is 31.0 Å². The van der Waals surface area contributed by atoms with Crippen LogP contribution in [0.5, 0.6) is 5.75 Å². The van der Waals surface area contributed by atoms with E-state index in [0.717, 1.165) is 12.0 Å². The molecule has 0 saturated carbocycles. The van der Waals surface area contributed by atoms with Crippen LogP contribution in [0.2, 0.25) is 0 Å². The number of carbonyl (C=O) groups is 2. The Morgan fingerprint density at radius 1 is 1.43 bits per heavy atom. The number of hydrogen-bond donors (Lipinski definition) is 2. The summed E-state index contributed by atoms with van der Waals surface area (Å²) in [6, 6.07) is 7.45. The second-order valence-corrected chi connectivity index (χ2v) is 5.19. The van der Waals surface area contributed by atoms with E-state index in [1.807, 2.05) is 31.2 Å². The molecule has 0 radical (unpaired) electrons. The molecule has 0 bridgehead atoms. The van der Waals surface area contributed by atoms with Crippen LogP contribution in [0.1, 0.15) is 25.3 Å². The van der Waals surface area contributed by atoms with Crippen molar-refractivity contribution in [3.63, 3.8) is 0 Å². The van der Waals surface area contributed by atoms with Gasteiger partial charge in [-0.15, -0.1) is 0 Å². The first-order valence-corrected chi connectivity index (χ1v) is 6.99. The number of benzene rings is 1. The van der Waals surface area contributed by atoms with Gasteiger partial charge in [0, 0.05) is 30.1 Å². The van der Waals surface area contributed by atoms with Crippen LogP contribution in [0.3, 0.4) is 0 Å². The molecule has 1 aromatic rings. The highest BCUT2D eigenvalue weighted by Gasteiger charge is 2.24. The van der Waals surface area contributed by atoms with Crippen molar-refractivity contribution in [3.8, 4) is 5.75 Å². The zero-order valence-electron chi connectivity index (χ0n) is 12.3. The molecule has 112 valence electrons. The minimum Gasteiger partial charge on any atom is -0.496 e. The zero-order chi connectivity index (χ0) is 15.2. The van der Waals surface area contributed by atoms with E-state index < -0.39 is 0 Å². The lowest BCUT2D eigenvalue weighted by atomic mass is 10.00. The molecule has 1 fully saturated rings. The molecule has 2 unspecified atom stereocenters. The molecular formula is C16H20N2O3. The number of ether oxygens (including phenoxy) is 1. The van der Waals surface area contributed by atoms with E-state index in [4.69, 9.17) is 4.74 Å². The third-order valence-electron chi connectivity index (χ3n) is 3.38. The Bertz CT molecular complexity index is 554. The molecule has 1 heterocycles. The Hall–Kier alpha value is -2.30. The molecule has 2 rings (SSSR count). The summed E-state index contributed by atoms with van der Waals surface area (Å²) < 4.78 is 5.22. The highest BCUT2D eigenvalue weighted by atomic mass is 16.5. The topological polar surface area (TPSA) is 67.4 Å². The first kappa shape index (κ1) is 15.1. The molecule has 5 heteroatoms. The number of amides is 2. The third kappa shape index (κ3) is 4.34. The maximum Gasteiger partial charge on any atom is 0.244 e. The minimum atomic E-state index is -0.201. The summed E-state index contributed by atoms with van der Waals surface area (Å²) in [4.78, 5) is 23.4. The van der Waals surface area contributed by atoms with Gasteiger partial charge in [-0.2, -0.15) is 0 Å². The van der Waals surface area contributed by atoms with Gasteiger partial charge in [0.2, 0.25) is 11.8 Å². The summed E-state index contributed by atoms with van der Waals surface area (Å²) in [6.07, 6.45) is 4.26. The van der Waals surface area contributed by atoms with Crippen molar-refractivity contribution in [1.82, 2.24) is 10.6 Å². The van der Waals surface area contributed by atoms with Crippen molar-refractivity contribution in [2.24, 2.45) is 0 Å². The van der Waals surface area contributed by atoms with Crippen molar-refractivity contribution in [1.29, 1.82) is 0 Å². The molecule has 21 heavy (non-hydrogen) atoms. The fourth-order valence-electron chi connectivity index (χ4n) is 2.46. The van der Waals surface area contributed by atoms with Crippen molar-refractivity contribution >= 4 is 17.9 Å². The van der Waals surface area contributed by atoms with Gasteiger partial charge in [-0.3, -0.25) is 9.59 Å². The quantitative estimate of drug-likeness (QED) is 0.825. The molecule has 0 aromatic heterocycles. The molecule has 0 spiro atoms. The number of methoxy groups -OCH3 is 1. The van der Waals surface area contributed by atoms with Crippen LogP contribution in [0.25, 0.3) is 6.08 Å². The summed E-state index contributed by atoms with van der Waals surface area (Å²) in [6.45, 7) is 1.93. The van der Waals surface area contributed by atoms with Gasteiger partial charge in [-0.1, -0.05) is 18.2 Å². The third-order valence-corrected chi connectivity index (χ3v) is 3.38. The van der Waals surface area contributed by atoms with Crippen LogP contribution < -0.4 is 15.4 Å². The van der Waals surface area contributed by atoms with Gasteiger partial charge >= 0.3 is 0 Å². The molecule has 1 aliphatic heterocycles. The van der Waals surface area contributed by atoms with Crippen molar-refractivity contribution in [2.45, 2.75) is 31.8 Å². The Morgan fingerprint density at radius 2 is 2.19 bits per heavy atom. The van der Waals surface area contributed by atoms with E-state index in [-0.39, 0.29) is 23.9 Å². The molecule has 1 saturated heterocycles. The largest absolute Gasteiger partial charge is 0.496 e. The van der Waals surface area contributed by atoms with Crippen LogP contribution in [0.15, 0.2) is 30.3 Å². The van der Waals surface area contributed by atoms with Crippen LogP contribution in [0, 0.1) is 0 Å². The Labute approximate surface area is 124 Å². The summed E-state index contributed by atoms with van der Waals surface area (Å²) in [5, 5.41) is 5.69. The molecule has 1 aliphatic rings. The second kappa shape index (κ2) is 6.92. The fourth-order valence-corrected chi connectivity index (χ4v) is 2.46. The van der Waals surface area contributed by atoms with Crippen LogP contribution in [0.4, 0.5) is 0 Å². The fraction of sp³-hybridized carbons (Fsp3) is 0.375. The molecule has 2 N–H and O–H groups in total.